The molecule has 0 bridgehead atoms. The van der Waals surface area contributed by atoms with Crippen LogP contribution in [0.3, 0.4) is 0 Å². The van der Waals surface area contributed by atoms with Gasteiger partial charge in [0.05, 0.1) is 0 Å². The van der Waals surface area contributed by atoms with Gasteiger partial charge in [-0.2, -0.15) is 0 Å². The molecule has 1 aliphatic heterocycles. The first-order chi connectivity index (χ1) is 9.06. The predicted molar refractivity (Wildman–Crippen MR) is 75.3 cm³/mol. The van der Waals surface area contributed by atoms with Gasteiger partial charge in [-0.15, -0.1) is 0 Å². The van der Waals surface area contributed by atoms with Crippen LogP contribution in [-0.4, -0.2) is 30.1 Å². The summed E-state index contributed by atoms with van der Waals surface area (Å²) in [5, 5.41) is 0. The van der Waals surface area contributed by atoms with E-state index in [0.29, 0.717) is 24.8 Å². The second kappa shape index (κ2) is 6.06. The van der Waals surface area contributed by atoms with Crippen molar-refractivity contribution < 1.29 is 9.53 Å². The minimum atomic E-state index is -0.271. The minimum Gasteiger partial charge on any atom is -0.410 e. The average molecular weight is 262 g/mol. The molecule has 19 heavy (non-hydrogen) atoms. The van der Waals surface area contributed by atoms with Crippen LogP contribution in [0.25, 0.3) is 0 Å². The average Bonchev–Trinajstić information content (AvgIpc) is 2.39. The van der Waals surface area contributed by atoms with Crippen LogP contribution < -0.4 is 10.5 Å². The molecule has 0 atom stereocenters. The van der Waals surface area contributed by atoms with Gasteiger partial charge >= 0.3 is 6.09 Å². The fraction of sp³-hybridized carbons (Fsp3) is 0.533. The van der Waals surface area contributed by atoms with Crippen molar-refractivity contribution in [2.24, 2.45) is 5.73 Å². The highest BCUT2D eigenvalue weighted by molar-refractivity contribution is 5.70. The second-order valence-corrected chi connectivity index (χ2v) is 5.42. The Labute approximate surface area is 114 Å². The van der Waals surface area contributed by atoms with E-state index < -0.39 is 0 Å². The number of rotatable bonds is 2. The van der Waals surface area contributed by atoms with Crippen molar-refractivity contribution in [1.82, 2.24) is 4.90 Å². The Morgan fingerprint density at radius 2 is 2.05 bits per heavy atom. The highest BCUT2D eigenvalue weighted by Crippen LogP contribution is 2.21. The molecule has 0 aliphatic carbocycles. The molecule has 1 fully saturated rings. The van der Waals surface area contributed by atoms with Gasteiger partial charge in [0.15, 0.2) is 0 Å². The quantitative estimate of drug-likeness (QED) is 0.891. The lowest BCUT2D eigenvalue weighted by atomic mass is 10.0. The van der Waals surface area contributed by atoms with E-state index in [1.54, 1.807) is 4.90 Å². The zero-order valence-electron chi connectivity index (χ0n) is 11.6. The van der Waals surface area contributed by atoms with Crippen molar-refractivity contribution >= 4 is 6.09 Å². The fourth-order valence-electron chi connectivity index (χ4n) is 2.18. The zero-order valence-corrected chi connectivity index (χ0v) is 11.6. The first kappa shape index (κ1) is 13.9. The summed E-state index contributed by atoms with van der Waals surface area (Å²) >= 11 is 0. The van der Waals surface area contributed by atoms with Gasteiger partial charge in [-0.25, -0.2) is 4.79 Å². The van der Waals surface area contributed by atoms with E-state index in [-0.39, 0.29) is 12.1 Å². The van der Waals surface area contributed by atoms with Crippen molar-refractivity contribution in [2.45, 2.75) is 38.6 Å². The van der Waals surface area contributed by atoms with Crippen molar-refractivity contribution in [3.8, 4) is 5.75 Å². The van der Waals surface area contributed by atoms with E-state index in [9.17, 15) is 4.79 Å². The molecule has 0 unspecified atom stereocenters. The van der Waals surface area contributed by atoms with Crippen molar-refractivity contribution in [3.63, 3.8) is 0 Å². The predicted octanol–water partition coefficient (Wildman–Crippen LogP) is 2.73. The Hall–Kier alpha value is -1.55. The summed E-state index contributed by atoms with van der Waals surface area (Å²) in [6, 6.07) is 7.93. The number of piperidine rings is 1. The molecular formula is C15H22N2O2. The molecule has 4 nitrogen and oxygen atoms in total. The first-order valence-corrected chi connectivity index (χ1v) is 6.88. The third-order valence-electron chi connectivity index (χ3n) is 3.53. The first-order valence-electron chi connectivity index (χ1n) is 6.88. The zero-order chi connectivity index (χ0) is 13.8. The molecule has 1 amide bonds. The van der Waals surface area contributed by atoms with Gasteiger partial charge in [0.1, 0.15) is 5.75 Å². The Balaban J connectivity index is 1.97. The number of nitrogens with zero attached hydrogens (tertiary/aromatic N) is 1. The van der Waals surface area contributed by atoms with E-state index in [0.717, 1.165) is 12.8 Å². The highest BCUT2D eigenvalue weighted by atomic mass is 16.6. The molecule has 2 rings (SSSR count). The highest BCUT2D eigenvalue weighted by Gasteiger charge is 2.22. The molecule has 1 aliphatic rings. The molecule has 1 aromatic rings. The van der Waals surface area contributed by atoms with Crippen LogP contribution in [0.1, 0.15) is 38.2 Å². The third kappa shape index (κ3) is 3.70. The van der Waals surface area contributed by atoms with Crippen LogP contribution in [0, 0.1) is 0 Å². The molecular weight excluding hydrogens is 240 g/mol. The topological polar surface area (TPSA) is 55.6 Å². The largest absolute Gasteiger partial charge is 0.415 e. The fourth-order valence-corrected chi connectivity index (χ4v) is 2.18. The van der Waals surface area contributed by atoms with Crippen molar-refractivity contribution in [2.75, 3.05) is 13.1 Å². The number of ether oxygens (including phenoxy) is 1. The summed E-state index contributed by atoms with van der Waals surface area (Å²) in [6.45, 7) is 5.60. The molecule has 104 valence electrons. The Kier molecular flexibility index (Phi) is 4.43. The van der Waals surface area contributed by atoms with Crippen molar-refractivity contribution in [3.05, 3.63) is 29.8 Å². The van der Waals surface area contributed by atoms with Gasteiger partial charge in [0.2, 0.25) is 0 Å². The molecule has 1 saturated heterocycles. The molecule has 0 aromatic heterocycles. The monoisotopic (exact) mass is 262 g/mol. The minimum absolute atomic E-state index is 0.216. The van der Waals surface area contributed by atoms with Gasteiger partial charge in [-0.1, -0.05) is 26.0 Å². The third-order valence-corrected chi connectivity index (χ3v) is 3.53. The summed E-state index contributed by atoms with van der Waals surface area (Å²) < 4.78 is 5.43. The summed E-state index contributed by atoms with van der Waals surface area (Å²) in [7, 11) is 0. The summed E-state index contributed by atoms with van der Waals surface area (Å²) in [5.74, 6) is 1.04. The van der Waals surface area contributed by atoms with E-state index in [2.05, 4.69) is 13.8 Å². The van der Waals surface area contributed by atoms with Crippen LogP contribution in [-0.2, 0) is 0 Å². The second-order valence-electron chi connectivity index (χ2n) is 5.42. The number of amides is 1. The van der Waals surface area contributed by atoms with Crippen LogP contribution in [0.2, 0.25) is 0 Å². The van der Waals surface area contributed by atoms with Gasteiger partial charge < -0.3 is 15.4 Å². The van der Waals surface area contributed by atoms with E-state index in [4.69, 9.17) is 10.5 Å². The Bertz CT molecular complexity index is 438. The summed E-state index contributed by atoms with van der Waals surface area (Å²) in [6.07, 6.45) is 1.43. The van der Waals surface area contributed by atoms with E-state index >= 15 is 0 Å². The molecule has 0 saturated carbocycles. The normalized spacial score (nSPS) is 16.7. The van der Waals surface area contributed by atoms with Crippen molar-refractivity contribution in [1.29, 1.82) is 0 Å². The Morgan fingerprint density at radius 3 is 2.68 bits per heavy atom. The molecule has 1 heterocycles. The molecule has 0 radical (unpaired) electrons. The lowest BCUT2D eigenvalue weighted by Gasteiger charge is -2.29. The summed E-state index contributed by atoms with van der Waals surface area (Å²) in [5.41, 5.74) is 7.00. The van der Waals surface area contributed by atoms with E-state index in [1.807, 2.05) is 24.3 Å². The Morgan fingerprint density at radius 1 is 1.37 bits per heavy atom. The SMILES string of the molecule is CC(C)c1cccc(OC(=O)N2CCC(N)CC2)c1. The molecule has 2 N–H and O–H groups in total. The number of benzene rings is 1. The molecule has 4 heteroatoms. The maximum atomic E-state index is 12.0. The maximum Gasteiger partial charge on any atom is 0.415 e. The summed E-state index contributed by atoms with van der Waals surface area (Å²) in [4.78, 5) is 13.7. The number of hydrogen-bond donors (Lipinski definition) is 1. The number of nitrogens with two attached hydrogens (primary N) is 1. The molecule has 1 aromatic carbocycles. The van der Waals surface area contributed by atoms with Gasteiger partial charge in [-0.3, -0.25) is 0 Å². The van der Waals surface area contributed by atoms with Crippen LogP contribution in [0.5, 0.6) is 5.75 Å². The number of hydrogen-bond acceptors (Lipinski definition) is 3. The molecule has 0 spiro atoms. The van der Waals surface area contributed by atoms with Gasteiger partial charge in [-0.05, 0) is 36.5 Å². The van der Waals surface area contributed by atoms with Gasteiger partial charge in [0.25, 0.3) is 0 Å². The standard InChI is InChI=1S/C15H22N2O2/c1-11(2)12-4-3-5-14(10-12)19-15(18)17-8-6-13(16)7-9-17/h3-5,10-11,13H,6-9,16H2,1-2H3. The number of carbonyl (C=O) groups excluding carboxylic acids is 1. The van der Waals surface area contributed by atoms with Crippen LogP contribution >= 0.6 is 0 Å². The van der Waals surface area contributed by atoms with Crippen LogP contribution in [0.4, 0.5) is 4.79 Å². The lowest BCUT2D eigenvalue weighted by molar-refractivity contribution is 0.139. The van der Waals surface area contributed by atoms with Gasteiger partial charge in [0, 0.05) is 19.1 Å². The lowest BCUT2D eigenvalue weighted by Crippen LogP contribution is -2.44. The maximum absolute atomic E-state index is 12.0. The van der Waals surface area contributed by atoms with E-state index in [1.165, 1.54) is 5.56 Å². The number of likely N-dealkylation sites (tertiary alicyclic amines) is 1. The smallest absolute Gasteiger partial charge is 0.410 e. The van der Waals surface area contributed by atoms with Crippen LogP contribution in [0.15, 0.2) is 24.3 Å². The number of carbonyl (C=O) groups is 1.